The fourth-order valence-corrected chi connectivity index (χ4v) is 4.08. The van der Waals surface area contributed by atoms with Crippen LogP contribution in [0.2, 0.25) is 0 Å². The Morgan fingerprint density at radius 2 is 2.11 bits per heavy atom. The highest BCUT2D eigenvalue weighted by Crippen LogP contribution is 2.24. The maximum Gasteiger partial charge on any atom is 0.191 e. The molecule has 1 aliphatic heterocycles. The number of aliphatic imine (C=N–C) groups is 1. The second kappa shape index (κ2) is 10.3. The van der Waals surface area contributed by atoms with E-state index in [0.717, 1.165) is 44.0 Å². The van der Waals surface area contributed by atoms with Crippen LogP contribution in [0.15, 0.2) is 40.7 Å². The van der Waals surface area contributed by atoms with E-state index in [1.54, 1.807) is 17.4 Å². The quantitative estimate of drug-likeness (QED) is 0.541. The first kappa shape index (κ1) is 20.5. The lowest BCUT2D eigenvalue weighted by Crippen LogP contribution is -2.48. The number of guanidine groups is 1. The van der Waals surface area contributed by atoms with Gasteiger partial charge < -0.3 is 20.3 Å². The molecule has 1 aromatic heterocycles. The van der Waals surface area contributed by atoms with Crippen molar-refractivity contribution >= 4 is 22.3 Å². The minimum absolute atomic E-state index is 0.290. The van der Waals surface area contributed by atoms with E-state index in [0.29, 0.717) is 19.2 Å². The van der Waals surface area contributed by atoms with E-state index in [1.165, 1.54) is 11.1 Å². The summed E-state index contributed by atoms with van der Waals surface area (Å²) in [6, 6.07) is 9.71. The minimum atomic E-state index is -0.339. The molecule has 0 spiro atoms. The Morgan fingerprint density at radius 1 is 1.29 bits per heavy atom. The van der Waals surface area contributed by atoms with Gasteiger partial charge in [-0.3, -0.25) is 0 Å². The molecular formula is C21H29FN4OS. The van der Waals surface area contributed by atoms with E-state index in [4.69, 9.17) is 4.74 Å². The van der Waals surface area contributed by atoms with Crippen molar-refractivity contribution in [2.45, 2.75) is 39.3 Å². The van der Waals surface area contributed by atoms with E-state index < -0.39 is 0 Å². The number of halogens is 1. The molecule has 1 saturated heterocycles. The van der Waals surface area contributed by atoms with Crippen LogP contribution in [0.3, 0.4) is 0 Å². The van der Waals surface area contributed by atoms with Crippen LogP contribution in [0.4, 0.5) is 9.39 Å². The molecule has 0 radical (unpaired) electrons. The van der Waals surface area contributed by atoms with Crippen LogP contribution >= 0.6 is 11.3 Å². The van der Waals surface area contributed by atoms with Gasteiger partial charge in [-0.15, -0.1) is 11.3 Å². The van der Waals surface area contributed by atoms with Crippen LogP contribution in [-0.2, 0) is 6.54 Å². The zero-order chi connectivity index (χ0) is 19.8. The van der Waals surface area contributed by atoms with Crippen molar-refractivity contribution in [3.8, 4) is 5.75 Å². The molecule has 2 N–H and O–H groups in total. The van der Waals surface area contributed by atoms with E-state index >= 15 is 0 Å². The number of nitrogens with zero attached hydrogens (tertiary/aromatic N) is 2. The molecule has 5 nitrogen and oxygen atoms in total. The van der Waals surface area contributed by atoms with Crippen LogP contribution in [0, 0.1) is 5.82 Å². The van der Waals surface area contributed by atoms with Crippen LogP contribution in [0.5, 0.6) is 5.75 Å². The van der Waals surface area contributed by atoms with Crippen molar-refractivity contribution in [3.63, 3.8) is 0 Å². The molecular weight excluding hydrogens is 375 g/mol. The second-order valence-corrected chi connectivity index (χ2v) is 7.68. The highest BCUT2D eigenvalue weighted by molar-refractivity contribution is 7.14. The lowest BCUT2D eigenvalue weighted by molar-refractivity contribution is 0.321. The maximum absolute atomic E-state index is 14.0. The molecule has 0 unspecified atom stereocenters. The Labute approximate surface area is 170 Å². The third-order valence-corrected chi connectivity index (χ3v) is 5.64. The summed E-state index contributed by atoms with van der Waals surface area (Å²) in [6.07, 6.45) is 2.14. The van der Waals surface area contributed by atoms with E-state index in [9.17, 15) is 4.39 Å². The summed E-state index contributed by atoms with van der Waals surface area (Å²) in [6.45, 7) is 7.64. The van der Waals surface area contributed by atoms with E-state index in [2.05, 4.69) is 38.0 Å². The van der Waals surface area contributed by atoms with Crippen molar-refractivity contribution in [1.82, 2.24) is 10.6 Å². The van der Waals surface area contributed by atoms with Gasteiger partial charge in [-0.05, 0) is 61.9 Å². The van der Waals surface area contributed by atoms with Gasteiger partial charge in [-0.25, -0.2) is 9.38 Å². The lowest BCUT2D eigenvalue weighted by Gasteiger charge is -2.33. The van der Waals surface area contributed by atoms with Crippen molar-refractivity contribution in [2.24, 2.45) is 4.99 Å². The Morgan fingerprint density at radius 3 is 2.75 bits per heavy atom. The molecule has 0 aliphatic carbocycles. The molecule has 0 bridgehead atoms. The molecule has 28 heavy (non-hydrogen) atoms. The average Bonchev–Trinajstić information content (AvgIpc) is 3.24. The predicted octanol–water partition coefficient (Wildman–Crippen LogP) is 4.01. The largest absolute Gasteiger partial charge is 0.491 e. The number of hydrogen-bond donors (Lipinski definition) is 2. The Bertz CT molecular complexity index is 758. The fourth-order valence-electron chi connectivity index (χ4n) is 3.29. The van der Waals surface area contributed by atoms with Crippen LogP contribution in [-0.4, -0.2) is 38.2 Å². The standard InChI is InChI=1S/C21H29FN4OS/c1-3-23-21(24-15-16-7-8-19(27-4-2)18(22)14-16)25-17-9-11-26(12-10-17)20-6-5-13-28-20/h5-8,13-14,17H,3-4,9-12,15H2,1-2H3,(H2,23,24,25). The molecule has 0 saturated carbocycles. The summed E-state index contributed by atoms with van der Waals surface area (Å²) in [5.41, 5.74) is 0.825. The van der Waals surface area contributed by atoms with Gasteiger partial charge in [-0.2, -0.15) is 0 Å². The second-order valence-electron chi connectivity index (χ2n) is 6.75. The molecule has 1 aromatic carbocycles. The van der Waals surface area contributed by atoms with Gasteiger partial charge >= 0.3 is 0 Å². The number of thiophene rings is 1. The van der Waals surface area contributed by atoms with Crippen LogP contribution in [0.1, 0.15) is 32.3 Å². The first-order chi connectivity index (χ1) is 13.7. The summed E-state index contributed by atoms with van der Waals surface area (Å²) in [7, 11) is 0. The van der Waals surface area contributed by atoms with Gasteiger partial charge in [0.25, 0.3) is 0 Å². The lowest BCUT2D eigenvalue weighted by atomic mass is 10.1. The Balaban J connectivity index is 1.55. The smallest absolute Gasteiger partial charge is 0.191 e. The monoisotopic (exact) mass is 404 g/mol. The number of ether oxygens (including phenoxy) is 1. The van der Waals surface area contributed by atoms with Crippen molar-refractivity contribution in [2.75, 3.05) is 31.1 Å². The van der Waals surface area contributed by atoms with Gasteiger partial charge in [0.2, 0.25) is 0 Å². The first-order valence-electron chi connectivity index (χ1n) is 9.94. The van der Waals surface area contributed by atoms with Gasteiger partial charge in [0.1, 0.15) is 0 Å². The topological polar surface area (TPSA) is 48.9 Å². The predicted molar refractivity (Wildman–Crippen MR) is 115 cm³/mol. The summed E-state index contributed by atoms with van der Waals surface area (Å²) < 4.78 is 19.3. The third kappa shape index (κ3) is 5.61. The number of benzene rings is 1. The minimum Gasteiger partial charge on any atom is -0.491 e. The van der Waals surface area contributed by atoms with Crippen LogP contribution < -0.4 is 20.3 Å². The van der Waals surface area contributed by atoms with Gasteiger partial charge in [-0.1, -0.05) is 6.07 Å². The highest BCUT2D eigenvalue weighted by atomic mass is 32.1. The average molecular weight is 405 g/mol. The van der Waals surface area contributed by atoms with Gasteiger partial charge in [0.05, 0.1) is 18.2 Å². The van der Waals surface area contributed by atoms with E-state index in [1.807, 2.05) is 19.9 Å². The molecule has 7 heteroatoms. The summed E-state index contributed by atoms with van der Waals surface area (Å²) in [5.74, 6) is 0.734. The molecule has 152 valence electrons. The first-order valence-corrected chi connectivity index (χ1v) is 10.8. The Hall–Kier alpha value is -2.28. The molecule has 1 fully saturated rings. The van der Waals surface area contributed by atoms with Gasteiger partial charge in [0, 0.05) is 25.7 Å². The Kier molecular flexibility index (Phi) is 7.54. The molecule has 3 rings (SSSR count). The maximum atomic E-state index is 14.0. The summed E-state index contributed by atoms with van der Waals surface area (Å²) in [5, 5.41) is 10.3. The normalized spacial score (nSPS) is 15.5. The SMILES string of the molecule is CCNC(=NCc1ccc(OCC)c(F)c1)NC1CCN(c2cccs2)CC1. The van der Waals surface area contributed by atoms with Crippen LogP contribution in [0.25, 0.3) is 0 Å². The number of nitrogens with one attached hydrogen (secondary N) is 2. The molecule has 0 atom stereocenters. The summed E-state index contributed by atoms with van der Waals surface area (Å²) in [4.78, 5) is 7.08. The molecule has 2 heterocycles. The number of hydrogen-bond acceptors (Lipinski definition) is 4. The van der Waals surface area contributed by atoms with Crippen molar-refractivity contribution in [3.05, 3.63) is 47.1 Å². The third-order valence-electron chi connectivity index (χ3n) is 4.71. The number of rotatable bonds is 7. The van der Waals surface area contributed by atoms with Crippen molar-refractivity contribution < 1.29 is 9.13 Å². The number of piperidine rings is 1. The van der Waals surface area contributed by atoms with Gasteiger partial charge in [0.15, 0.2) is 17.5 Å². The number of anilines is 1. The molecule has 0 amide bonds. The fraction of sp³-hybridized carbons (Fsp3) is 0.476. The molecule has 2 aromatic rings. The zero-order valence-corrected chi connectivity index (χ0v) is 17.4. The summed E-state index contributed by atoms with van der Waals surface area (Å²) >= 11 is 1.79. The zero-order valence-electron chi connectivity index (χ0n) is 16.6. The van der Waals surface area contributed by atoms with E-state index in [-0.39, 0.29) is 11.6 Å². The van der Waals surface area contributed by atoms with Crippen molar-refractivity contribution in [1.29, 1.82) is 0 Å². The highest BCUT2D eigenvalue weighted by Gasteiger charge is 2.20. The molecule has 1 aliphatic rings.